The third-order valence-electron chi connectivity index (χ3n) is 3.37. The number of hydrogen-bond acceptors (Lipinski definition) is 7. The molecule has 0 aliphatic heterocycles. The van der Waals surface area contributed by atoms with Gasteiger partial charge < -0.3 is 4.84 Å². The maximum atomic E-state index is 10.9. The van der Waals surface area contributed by atoms with E-state index in [9.17, 15) is 20.2 Å². The van der Waals surface area contributed by atoms with Gasteiger partial charge in [0.2, 0.25) is 0 Å². The normalized spacial score (nSPS) is 11.0. The lowest BCUT2D eigenvalue weighted by Gasteiger charge is -2.08. The molecule has 0 aliphatic carbocycles. The van der Waals surface area contributed by atoms with Crippen molar-refractivity contribution in [3.63, 3.8) is 0 Å². The first-order chi connectivity index (χ1) is 12.7. The number of aromatic nitrogens is 3. The Kier molecular flexibility index (Phi) is 5.24. The van der Waals surface area contributed by atoms with Crippen LogP contribution in [0.3, 0.4) is 0 Å². The van der Waals surface area contributed by atoms with Crippen molar-refractivity contribution in [1.29, 1.82) is 0 Å². The number of nitrogens with zero attached hydrogens (tertiary/aromatic N) is 5. The van der Waals surface area contributed by atoms with E-state index in [0.717, 1.165) is 23.0 Å². The van der Waals surface area contributed by atoms with Crippen molar-refractivity contribution >= 4 is 68.8 Å². The van der Waals surface area contributed by atoms with E-state index in [2.05, 4.69) is 10.3 Å². The molecule has 0 unspecified atom stereocenters. The molecule has 1 heterocycles. The number of hydrogen-bond donors (Lipinski definition) is 0. The molecule has 0 fully saturated rings. The van der Waals surface area contributed by atoms with E-state index in [-0.39, 0.29) is 43.3 Å². The molecule has 14 heteroatoms. The first-order valence-corrected chi connectivity index (χ1v) is 8.35. The van der Waals surface area contributed by atoms with Gasteiger partial charge in [-0.2, -0.15) is 0 Å². The van der Waals surface area contributed by atoms with Crippen LogP contribution >= 0.6 is 46.4 Å². The summed E-state index contributed by atoms with van der Waals surface area (Å²) >= 11 is 24.1. The second kappa shape index (κ2) is 7.31. The summed E-state index contributed by atoms with van der Waals surface area (Å²) in [5.41, 5.74) is -0.511. The molecule has 27 heavy (non-hydrogen) atoms. The average Bonchev–Trinajstić information content (AvgIpc) is 3.06. The summed E-state index contributed by atoms with van der Waals surface area (Å²) in [7, 11) is 0. The van der Waals surface area contributed by atoms with Gasteiger partial charge >= 0.3 is 0 Å². The number of non-ortho nitro benzene ring substituents is 2. The van der Waals surface area contributed by atoms with Gasteiger partial charge in [0.25, 0.3) is 11.4 Å². The van der Waals surface area contributed by atoms with E-state index in [1.54, 1.807) is 0 Å². The molecular weight excluding hydrogens is 448 g/mol. The van der Waals surface area contributed by atoms with Crippen molar-refractivity contribution < 1.29 is 14.7 Å². The van der Waals surface area contributed by atoms with E-state index < -0.39 is 21.2 Å². The molecule has 2 aromatic carbocycles. The van der Waals surface area contributed by atoms with Crippen molar-refractivity contribution in [3.05, 3.63) is 64.1 Å². The molecule has 0 spiro atoms. The molecular formula is C13H5Cl4N5O5. The highest BCUT2D eigenvalue weighted by atomic mass is 35.5. The van der Waals surface area contributed by atoms with Gasteiger partial charge in [-0.1, -0.05) is 51.2 Å². The first kappa shape index (κ1) is 19.4. The quantitative estimate of drug-likeness (QED) is 0.241. The third kappa shape index (κ3) is 3.56. The molecule has 10 nitrogen and oxygen atoms in total. The molecule has 0 aliphatic rings. The summed E-state index contributed by atoms with van der Waals surface area (Å²) in [5, 5.41) is 29.4. The van der Waals surface area contributed by atoms with E-state index in [0.29, 0.717) is 0 Å². The summed E-state index contributed by atoms with van der Waals surface area (Å²) in [6.07, 6.45) is 0. The zero-order chi connectivity index (χ0) is 19.9. The summed E-state index contributed by atoms with van der Waals surface area (Å²) < 4.78 is 0. The summed E-state index contributed by atoms with van der Waals surface area (Å²) in [5.74, 6) is 0. The van der Waals surface area contributed by atoms with E-state index in [4.69, 9.17) is 51.2 Å². The third-order valence-corrected chi connectivity index (χ3v) is 5.16. The molecule has 1 aromatic heterocycles. The van der Waals surface area contributed by atoms with Crippen molar-refractivity contribution in [2.24, 2.45) is 0 Å². The predicted molar refractivity (Wildman–Crippen MR) is 97.6 cm³/mol. The van der Waals surface area contributed by atoms with E-state index >= 15 is 0 Å². The highest BCUT2D eigenvalue weighted by Crippen LogP contribution is 2.41. The molecule has 3 aromatic rings. The van der Waals surface area contributed by atoms with Crippen LogP contribution in [0.25, 0.3) is 11.0 Å². The highest BCUT2D eigenvalue weighted by molar-refractivity contribution is 6.54. The number of fused-ring (bicyclic) bond motifs is 1. The SMILES string of the molecule is O=[N+]([O-])c1cc(COn2nnc3c(Cl)c(Cl)c(Cl)c(Cl)c32)cc([N+](=O)[O-])c1. The fraction of sp³-hybridized carbons (Fsp3) is 0.0769. The number of halogens is 4. The smallest absolute Gasteiger partial charge is 0.276 e. The van der Waals surface area contributed by atoms with Crippen LogP contribution in [-0.4, -0.2) is 25.0 Å². The van der Waals surface area contributed by atoms with E-state index in [1.807, 2.05) is 0 Å². The van der Waals surface area contributed by atoms with Gasteiger partial charge in [0.15, 0.2) is 5.52 Å². The molecule has 0 saturated carbocycles. The van der Waals surface area contributed by atoms with Gasteiger partial charge in [-0.05, 0) is 5.21 Å². The number of benzene rings is 2. The summed E-state index contributed by atoms with van der Waals surface area (Å²) in [4.78, 5) is 26.7. The molecule has 0 bridgehead atoms. The maximum Gasteiger partial charge on any atom is 0.276 e. The van der Waals surface area contributed by atoms with Crippen molar-refractivity contribution in [2.75, 3.05) is 0 Å². The van der Waals surface area contributed by atoms with Crippen LogP contribution in [0.2, 0.25) is 20.1 Å². The summed E-state index contributed by atoms with van der Waals surface area (Å²) in [6.45, 7) is -0.310. The van der Waals surface area contributed by atoms with Crippen molar-refractivity contribution in [2.45, 2.75) is 6.61 Å². The standard InChI is InChI=1S/C13H5Cl4N5O5/c14-8-9(15)11(17)13-12(10(8)16)18-19-20(13)27-4-5-1-6(21(23)24)3-7(2-5)22(25)26/h1-3H,4H2. The van der Waals surface area contributed by atoms with Gasteiger partial charge in [0, 0.05) is 17.7 Å². The Bertz CT molecular complexity index is 1070. The van der Waals surface area contributed by atoms with Crippen LogP contribution in [0.4, 0.5) is 11.4 Å². The number of nitro benzene ring substituents is 2. The van der Waals surface area contributed by atoms with Gasteiger partial charge in [0.05, 0.1) is 36.0 Å². The zero-order valence-electron chi connectivity index (χ0n) is 12.7. The number of nitro groups is 2. The first-order valence-electron chi connectivity index (χ1n) is 6.84. The van der Waals surface area contributed by atoms with Crippen LogP contribution in [0.1, 0.15) is 5.56 Å². The van der Waals surface area contributed by atoms with Gasteiger partial charge in [-0.25, -0.2) is 0 Å². The minimum Gasteiger partial charge on any atom is -0.390 e. The lowest BCUT2D eigenvalue weighted by molar-refractivity contribution is -0.394. The minimum atomic E-state index is -0.750. The Morgan fingerprint density at radius 2 is 1.48 bits per heavy atom. The highest BCUT2D eigenvalue weighted by Gasteiger charge is 2.22. The monoisotopic (exact) mass is 451 g/mol. The largest absolute Gasteiger partial charge is 0.390 e. The molecule has 0 N–H and O–H groups in total. The topological polar surface area (TPSA) is 126 Å². The van der Waals surface area contributed by atoms with Crippen LogP contribution in [0.5, 0.6) is 0 Å². The molecule has 0 atom stereocenters. The van der Waals surface area contributed by atoms with Gasteiger partial charge in [0.1, 0.15) is 12.1 Å². The minimum absolute atomic E-state index is 0.00260. The maximum absolute atomic E-state index is 10.9. The second-order valence-electron chi connectivity index (χ2n) is 5.06. The fourth-order valence-corrected chi connectivity index (χ4v) is 3.12. The van der Waals surface area contributed by atoms with E-state index in [1.165, 1.54) is 0 Å². The fourth-order valence-electron chi connectivity index (χ4n) is 2.18. The Morgan fingerprint density at radius 1 is 0.926 bits per heavy atom. The molecule has 140 valence electrons. The molecule has 0 radical (unpaired) electrons. The lowest BCUT2D eigenvalue weighted by atomic mass is 10.2. The van der Waals surface area contributed by atoms with Crippen LogP contribution in [0.15, 0.2) is 18.2 Å². The zero-order valence-corrected chi connectivity index (χ0v) is 15.8. The van der Waals surface area contributed by atoms with Gasteiger partial charge in [-0.15, -0.1) is 5.10 Å². The Balaban J connectivity index is 1.98. The predicted octanol–water partition coefficient (Wildman–Crippen LogP) is 4.49. The van der Waals surface area contributed by atoms with Crippen LogP contribution in [0, 0.1) is 20.2 Å². The Hall–Kier alpha value is -2.40. The Morgan fingerprint density at radius 3 is 2.04 bits per heavy atom. The second-order valence-corrected chi connectivity index (χ2v) is 6.57. The van der Waals surface area contributed by atoms with Crippen LogP contribution in [-0.2, 0) is 6.61 Å². The lowest BCUT2D eigenvalue weighted by Crippen LogP contribution is -2.13. The summed E-state index contributed by atoms with van der Waals surface area (Å²) in [6, 6.07) is 3.10. The van der Waals surface area contributed by atoms with Crippen molar-refractivity contribution in [3.8, 4) is 0 Å². The molecule has 0 saturated heterocycles. The molecule has 3 rings (SSSR count). The van der Waals surface area contributed by atoms with Crippen LogP contribution < -0.4 is 4.84 Å². The average molecular weight is 453 g/mol. The molecule has 0 amide bonds. The number of rotatable bonds is 5. The van der Waals surface area contributed by atoms with Crippen molar-refractivity contribution in [1.82, 2.24) is 15.2 Å². The Labute approximate surface area is 169 Å². The van der Waals surface area contributed by atoms with Gasteiger partial charge in [-0.3, -0.25) is 20.2 Å².